The zero-order chi connectivity index (χ0) is 15.2. The standard InChI is InChI=1S/C16H22N2O3/c1-12-10-14(21-2)11-15(19)18(12)9-8-17-16(20)13-6-4-3-5-7-13/h3-4,10-11,13H,5-9H2,1-2H3,(H,17,20)/t13-/m0/s1. The lowest BCUT2D eigenvalue weighted by atomic mass is 9.94. The minimum absolute atomic E-state index is 0.0729. The lowest BCUT2D eigenvalue weighted by Crippen LogP contribution is -2.35. The Hall–Kier alpha value is -2.04. The average molecular weight is 290 g/mol. The van der Waals surface area contributed by atoms with Crippen LogP contribution in [0.1, 0.15) is 25.0 Å². The van der Waals surface area contributed by atoms with Crippen LogP contribution in [0.15, 0.2) is 29.1 Å². The summed E-state index contributed by atoms with van der Waals surface area (Å²) in [4.78, 5) is 24.0. The van der Waals surface area contributed by atoms with E-state index < -0.39 is 0 Å². The zero-order valence-corrected chi connectivity index (χ0v) is 12.6. The predicted octanol–water partition coefficient (Wildman–Crippen LogP) is 1.64. The number of rotatable bonds is 5. The maximum absolute atomic E-state index is 12.0. The van der Waals surface area contributed by atoms with Gasteiger partial charge < -0.3 is 14.6 Å². The second-order valence-electron chi connectivity index (χ2n) is 5.30. The molecule has 0 radical (unpaired) electrons. The van der Waals surface area contributed by atoms with Crippen molar-refractivity contribution in [1.29, 1.82) is 0 Å². The number of aromatic nitrogens is 1. The summed E-state index contributed by atoms with van der Waals surface area (Å²) in [6.07, 6.45) is 6.86. The van der Waals surface area contributed by atoms with Crippen LogP contribution in [0.4, 0.5) is 0 Å². The summed E-state index contributed by atoms with van der Waals surface area (Å²) in [5, 5.41) is 2.92. The summed E-state index contributed by atoms with van der Waals surface area (Å²) in [6, 6.07) is 3.27. The molecule has 0 unspecified atom stereocenters. The number of aryl methyl sites for hydroxylation is 1. The minimum Gasteiger partial charge on any atom is -0.496 e. The summed E-state index contributed by atoms with van der Waals surface area (Å²) in [5.74, 6) is 0.717. The van der Waals surface area contributed by atoms with Crippen LogP contribution in [0.2, 0.25) is 0 Å². The van der Waals surface area contributed by atoms with Crippen LogP contribution in [-0.2, 0) is 11.3 Å². The molecule has 0 fully saturated rings. The molecule has 21 heavy (non-hydrogen) atoms. The van der Waals surface area contributed by atoms with Crippen LogP contribution in [-0.4, -0.2) is 24.1 Å². The molecule has 1 aliphatic carbocycles. The predicted molar refractivity (Wildman–Crippen MR) is 81.5 cm³/mol. The Morgan fingerprint density at radius 3 is 2.86 bits per heavy atom. The van der Waals surface area contributed by atoms with E-state index in [0.717, 1.165) is 25.0 Å². The summed E-state index contributed by atoms with van der Waals surface area (Å²) in [6.45, 7) is 2.80. The monoisotopic (exact) mass is 290 g/mol. The van der Waals surface area contributed by atoms with E-state index in [1.54, 1.807) is 4.57 Å². The van der Waals surface area contributed by atoms with Crippen molar-refractivity contribution < 1.29 is 9.53 Å². The molecule has 1 atom stereocenters. The smallest absolute Gasteiger partial charge is 0.254 e. The Morgan fingerprint density at radius 1 is 1.43 bits per heavy atom. The van der Waals surface area contributed by atoms with Gasteiger partial charge in [-0.3, -0.25) is 9.59 Å². The number of methoxy groups -OCH3 is 1. The summed E-state index contributed by atoms with van der Waals surface area (Å²) in [5.41, 5.74) is 0.718. The lowest BCUT2D eigenvalue weighted by Gasteiger charge is -2.18. The normalized spacial score (nSPS) is 17.5. The van der Waals surface area contributed by atoms with Gasteiger partial charge in [0.1, 0.15) is 5.75 Å². The Bertz CT molecular complexity index is 590. The Labute approximate surface area is 124 Å². The quantitative estimate of drug-likeness (QED) is 0.839. The highest BCUT2D eigenvalue weighted by Gasteiger charge is 2.18. The number of pyridine rings is 1. The van der Waals surface area contributed by atoms with E-state index in [1.807, 2.05) is 13.0 Å². The van der Waals surface area contributed by atoms with Crippen LogP contribution in [0, 0.1) is 12.8 Å². The minimum atomic E-state index is -0.110. The number of nitrogens with zero attached hydrogens (tertiary/aromatic N) is 1. The number of hydrogen-bond donors (Lipinski definition) is 1. The molecule has 1 aliphatic rings. The van der Waals surface area contributed by atoms with E-state index in [2.05, 4.69) is 17.5 Å². The van der Waals surface area contributed by atoms with Crippen LogP contribution in [0.3, 0.4) is 0 Å². The van der Waals surface area contributed by atoms with Gasteiger partial charge in [0.2, 0.25) is 5.91 Å². The average Bonchev–Trinajstić information content (AvgIpc) is 2.50. The van der Waals surface area contributed by atoms with E-state index in [1.165, 1.54) is 13.2 Å². The molecular formula is C16H22N2O3. The molecule has 1 amide bonds. The van der Waals surface area contributed by atoms with Crippen LogP contribution >= 0.6 is 0 Å². The number of allylic oxidation sites excluding steroid dienone is 2. The zero-order valence-electron chi connectivity index (χ0n) is 12.6. The Balaban J connectivity index is 1.90. The SMILES string of the molecule is COc1cc(C)n(CCNC(=O)[C@H]2CC=CCC2)c(=O)c1. The molecule has 2 rings (SSSR count). The van der Waals surface area contributed by atoms with Gasteiger partial charge in [-0.25, -0.2) is 0 Å². The topological polar surface area (TPSA) is 60.3 Å². The molecule has 0 saturated heterocycles. The van der Waals surface area contributed by atoms with Crippen molar-refractivity contribution in [3.63, 3.8) is 0 Å². The van der Waals surface area contributed by atoms with Gasteiger partial charge in [-0.15, -0.1) is 0 Å². The third kappa shape index (κ3) is 3.97. The van der Waals surface area contributed by atoms with Crippen molar-refractivity contribution in [2.75, 3.05) is 13.7 Å². The number of hydrogen-bond acceptors (Lipinski definition) is 3. The molecule has 0 spiro atoms. The molecule has 1 N–H and O–H groups in total. The fraction of sp³-hybridized carbons (Fsp3) is 0.500. The summed E-state index contributed by atoms with van der Waals surface area (Å²) < 4.78 is 6.71. The van der Waals surface area contributed by atoms with Gasteiger partial charge >= 0.3 is 0 Å². The van der Waals surface area contributed by atoms with Gasteiger partial charge in [-0.1, -0.05) is 12.2 Å². The summed E-state index contributed by atoms with van der Waals surface area (Å²) >= 11 is 0. The van der Waals surface area contributed by atoms with Gasteiger partial charge in [-0.2, -0.15) is 0 Å². The summed E-state index contributed by atoms with van der Waals surface area (Å²) in [7, 11) is 1.54. The largest absolute Gasteiger partial charge is 0.496 e. The molecule has 0 aromatic carbocycles. The molecular weight excluding hydrogens is 268 g/mol. The third-order valence-corrected chi connectivity index (χ3v) is 3.82. The van der Waals surface area contributed by atoms with Crippen LogP contribution < -0.4 is 15.6 Å². The highest BCUT2D eigenvalue weighted by Crippen LogP contribution is 2.17. The molecule has 5 nitrogen and oxygen atoms in total. The van der Waals surface area contributed by atoms with Crippen molar-refractivity contribution in [3.8, 4) is 5.75 Å². The van der Waals surface area contributed by atoms with Crippen LogP contribution in [0.5, 0.6) is 5.75 Å². The number of ether oxygens (including phenoxy) is 1. The molecule has 0 bridgehead atoms. The Kier molecular flexibility index (Phi) is 5.20. The molecule has 1 aromatic heterocycles. The highest BCUT2D eigenvalue weighted by molar-refractivity contribution is 5.78. The molecule has 1 heterocycles. The third-order valence-electron chi connectivity index (χ3n) is 3.82. The van der Waals surface area contributed by atoms with Gasteiger partial charge in [0, 0.05) is 30.8 Å². The fourth-order valence-electron chi connectivity index (χ4n) is 2.57. The number of nitrogens with one attached hydrogen (secondary N) is 1. The first-order chi connectivity index (χ1) is 10.1. The number of carbonyl (C=O) groups is 1. The molecule has 1 aromatic rings. The second-order valence-corrected chi connectivity index (χ2v) is 5.30. The molecule has 114 valence electrons. The van der Waals surface area contributed by atoms with Gasteiger partial charge in [0.25, 0.3) is 5.56 Å². The van der Waals surface area contributed by atoms with Crippen molar-refractivity contribution in [2.45, 2.75) is 32.7 Å². The van der Waals surface area contributed by atoms with Crippen molar-refractivity contribution in [3.05, 3.63) is 40.3 Å². The Morgan fingerprint density at radius 2 is 2.24 bits per heavy atom. The van der Waals surface area contributed by atoms with E-state index in [-0.39, 0.29) is 17.4 Å². The van der Waals surface area contributed by atoms with E-state index in [9.17, 15) is 9.59 Å². The van der Waals surface area contributed by atoms with Crippen molar-refractivity contribution in [1.82, 2.24) is 9.88 Å². The fourth-order valence-corrected chi connectivity index (χ4v) is 2.57. The maximum Gasteiger partial charge on any atom is 0.254 e. The van der Waals surface area contributed by atoms with Gasteiger partial charge in [0.05, 0.1) is 7.11 Å². The highest BCUT2D eigenvalue weighted by atomic mass is 16.5. The van der Waals surface area contributed by atoms with Gasteiger partial charge in [0.15, 0.2) is 0 Å². The first kappa shape index (κ1) is 15.4. The van der Waals surface area contributed by atoms with Crippen molar-refractivity contribution >= 4 is 5.91 Å². The molecule has 0 saturated carbocycles. The van der Waals surface area contributed by atoms with E-state index >= 15 is 0 Å². The van der Waals surface area contributed by atoms with Crippen molar-refractivity contribution in [2.24, 2.45) is 5.92 Å². The first-order valence-electron chi connectivity index (χ1n) is 7.30. The van der Waals surface area contributed by atoms with Gasteiger partial charge in [-0.05, 0) is 32.3 Å². The van der Waals surface area contributed by atoms with E-state index in [4.69, 9.17) is 4.74 Å². The first-order valence-corrected chi connectivity index (χ1v) is 7.30. The lowest BCUT2D eigenvalue weighted by molar-refractivity contribution is -0.125. The molecule has 5 heteroatoms. The number of carbonyl (C=O) groups excluding carboxylic acids is 1. The number of amides is 1. The molecule has 0 aliphatic heterocycles. The second kappa shape index (κ2) is 7.11. The maximum atomic E-state index is 12.0. The van der Waals surface area contributed by atoms with Crippen LogP contribution in [0.25, 0.3) is 0 Å². The van der Waals surface area contributed by atoms with E-state index in [0.29, 0.717) is 18.8 Å².